The number of aryl methyl sites for hydroxylation is 1. The summed E-state index contributed by atoms with van der Waals surface area (Å²) >= 11 is 5.89. The molecule has 0 saturated heterocycles. The Labute approximate surface area is 174 Å². The van der Waals surface area contributed by atoms with Crippen molar-refractivity contribution in [3.05, 3.63) is 94.5 Å². The Hall–Kier alpha value is -3.16. The maximum absolute atomic E-state index is 12.4. The number of nitrogens with zero attached hydrogens (tertiary/aromatic N) is 1. The molecule has 0 bridgehead atoms. The Bertz CT molecular complexity index is 1140. The van der Waals surface area contributed by atoms with Gasteiger partial charge in [-0.05, 0) is 61.0 Å². The monoisotopic (exact) mass is 427 g/mol. The van der Waals surface area contributed by atoms with E-state index in [1.54, 1.807) is 36.4 Å². The lowest BCUT2D eigenvalue weighted by Gasteiger charge is -2.09. The van der Waals surface area contributed by atoms with Crippen LogP contribution in [0, 0.1) is 6.92 Å². The van der Waals surface area contributed by atoms with Crippen LogP contribution < -0.4 is 10.1 Å². The predicted octanol–water partition coefficient (Wildman–Crippen LogP) is 4.21. The van der Waals surface area contributed by atoms with Gasteiger partial charge in [0.1, 0.15) is 0 Å². The Morgan fingerprint density at radius 2 is 1.69 bits per heavy atom. The standard InChI is InChI=1S/C21H18ClN3O3S/c1-15-5-11-20(12-6-15)29(27,28)25-19-9-7-17(8-10-19)21(26)24-23-14-16-3-2-4-18(22)13-16/h2-14,25H,1H3,(H,24,26)/b23-14+. The molecule has 1 amide bonds. The number of benzene rings is 3. The van der Waals surface area contributed by atoms with E-state index in [0.717, 1.165) is 11.1 Å². The number of nitrogens with one attached hydrogen (secondary N) is 2. The highest BCUT2D eigenvalue weighted by Crippen LogP contribution is 2.17. The molecule has 0 saturated carbocycles. The number of carbonyl (C=O) groups is 1. The first-order valence-corrected chi connectivity index (χ1v) is 10.5. The van der Waals surface area contributed by atoms with Crippen LogP contribution in [0.2, 0.25) is 5.02 Å². The van der Waals surface area contributed by atoms with Crippen LogP contribution >= 0.6 is 11.6 Å². The number of sulfonamides is 1. The minimum absolute atomic E-state index is 0.167. The molecule has 8 heteroatoms. The van der Waals surface area contributed by atoms with E-state index in [0.29, 0.717) is 16.3 Å². The van der Waals surface area contributed by atoms with Crippen molar-refractivity contribution >= 4 is 39.4 Å². The quantitative estimate of drug-likeness (QED) is 0.456. The molecule has 0 aliphatic heterocycles. The summed E-state index contributed by atoms with van der Waals surface area (Å²) in [4.78, 5) is 12.3. The van der Waals surface area contributed by atoms with Gasteiger partial charge in [-0.1, -0.05) is 41.4 Å². The van der Waals surface area contributed by atoms with Gasteiger partial charge in [-0.15, -0.1) is 0 Å². The normalized spacial score (nSPS) is 11.4. The molecule has 6 nitrogen and oxygen atoms in total. The maximum Gasteiger partial charge on any atom is 0.271 e. The molecule has 29 heavy (non-hydrogen) atoms. The summed E-state index contributed by atoms with van der Waals surface area (Å²) in [6.45, 7) is 1.88. The molecule has 0 radical (unpaired) electrons. The van der Waals surface area contributed by atoms with Crippen LogP contribution in [0.1, 0.15) is 21.5 Å². The first-order chi connectivity index (χ1) is 13.8. The van der Waals surface area contributed by atoms with E-state index in [2.05, 4.69) is 15.2 Å². The molecule has 0 heterocycles. The molecule has 3 aromatic carbocycles. The van der Waals surface area contributed by atoms with E-state index >= 15 is 0 Å². The number of anilines is 1. The van der Waals surface area contributed by atoms with Gasteiger partial charge in [0, 0.05) is 16.3 Å². The third kappa shape index (κ3) is 5.66. The van der Waals surface area contributed by atoms with Gasteiger partial charge in [0.15, 0.2) is 0 Å². The van der Waals surface area contributed by atoms with Crippen molar-refractivity contribution in [2.45, 2.75) is 11.8 Å². The highest BCUT2D eigenvalue weighted by Gasteiger charge is 2.14. The van der Waals surface area contributed by atoms with Crippen LogP contribution in [-0.4, -0.2) is 20.5 Å². The van der Waals surface area contributed by atoms with Crippen molar-refractivity contribution in [1.29, 1.82) is 0 Å². The number of rotatable bonds is 6. The first kappa shape index (κ1) is 20.6. The largest absolute Gasteiger partial charge is 0.280 e. The van der Waals surface area contributed by atoms with Crippen molar-refractivity contribution in [3.63, 3.8) is 0 Å². The summed E-state index contributed by atoms with van der Waals surface area (Å²) in [6.07, 6.45) is 1.48. The lowest BCUT2D eigenvalue weighted by Crippen LogP contribution is -2.18. The lowest BCUT2D eigenvalue weighted by atomic mass is 10.2. The van der Waals surface area contributed by atoms with Crippen molar-refractivity contribution in [1.82, 2.24) is 5.43 Å². The van der Waals surface area contributed by atoms with Crippen LogP contribution in [-0.2, 0) is 10.0 Å². The summed E-state index contributed by atoms with van der Waals surface area (Å²) < 4.78 is 27.3. The smallest absolute Gasteiger partial charge is 0.271 e. The van der Waals surface area contributed by atoms with Gasteiger partial charge in [0.25, 0.3) is 15.9 Å². The number of hydrogen-bond donors (Lipinski definition) is 2. The van der Waals surface area contributed by atoms with Gasteiger partial charge in [0.2, 0.25) is 0 Å². The minimum atomic E-state index is -3.70. The van der Waals surface area contributed by atoms with Crippen LogP contribution in [0.5, 0.6) is 0 Å². The number of carbonyl (C=O) groups excluding carboxylic acids is 1. The molecule has 0 spiro atoms. The third-order valence-corrected chi connectivity index (χ3v) is 5.59. The maximum atomic E-state index is 12.4. The summed E-state index contributed by atoms with van der Waals surface area (Å²) in [5.41, 5.74) is 4.82. The molecule has 0 unspecified atom stereocenters. The summed E-state index contributed by atoms with van der Waals surface area (Å²) in [5, 5.41) is 4.47. The zero-order chi connectivity index (χ0) is 20.9. The third-order valence-electron chi connectivity index (χ3n) is 3.96. The molecule has 0 atom stereocenters. The van der Waals surface area contributed by atoms with Crippen molar-refractivity contribution < 1.29 is 13.2 Å². The molecule has 3 rings (SSSR count). The average molecular weight is 428 g/mol. The van der Waals surface area contributed by atoms with E-state index < -0.39 is 15.9 Å². The van der Waals surface area contributed by atoms with Gasteiger partial charge in [-0.3, -0.25) is 9.52 Å². The molecule has 3 aromatic rings. The highest BCUT2D eigenvalue weighted by molar-refractivity contribution is 7.92. The topological polar surface area (TPSA) is 87.6 Å². The van der Waals surface area contributed by atoms with Crippen LogP contribution in [0.4, 0.5) is 5.69 Å². The fourth-order valence-electron chi connectivity index (χ4n) is 2.44. The van der Waals surface area contributed by atoms with Gasteiger partial charge in [-0.25, -0.2) is 13.8 Å². The second kappa shape index (κ2) is 8.89. The highest BCUT2D eigenvalue weighted by atomic mass is 35.5. The predicted molar refractivity (Wildman–Crippen MR) is 115 cm³/mol. The zero-order valence-corrected chi connectivity index (χ0v) is 17.0. The van der Waals surface area contributed by atoms with Crippen molar-refractivity contribution in [3.8, 4) is 0 Å². The summed E-state index contributed by atoms with van der Waals surface area (Å²) in [6, 6.07) is 19.6. The zero-order valence-electron chi connectivity index (χ0n) is 15.5. The van der Waals surface area contributed by atoms with Gasteiger partial charge < -0.3 is 0 Å². The Morgan fingerprint density at radius 3 is 2.34 bits per heavy atom. The summed E-state index contributed by atoms with van der Waals surface area (Å²) in [7, 11) is -3.70. The first-order valence-electron chi connectivity index (χ1n) is 8.62. The van der Waals surface area contributed by atoms with Gasteiger partial charge in [0.05, 0.1) is 11.1 Å². The molecule has 148 valence electrons. The van der Waals surface area contributed by atoms with E-state index in [9.17, 15) is 13.2 Å². The minimum Gasteiger partial charge on any atom is -0.280 e. The average Bonchev–Trinajstić information content (AvgIpc) is 2.68. The van der Waals surface area contributed by atoms with E-state index in [4.69, 9.17) is 11.6 Å². The van der Waals surface area contributed by atoms with E-state index in [-0.39, 0.29) is 4.90 Å². The number of hydrazone groups is 1. The van der Waals surface area contributed by atoms with Crippen LogP contribution in [0.3, 0.4) is 0 Å². The van der Waals surface area contributed by atoms with Gasteiger partial charge in [-0.2, -0.15) is 5.10 Å². The molecular weight excluding hydrogens is 410 g/mol. The van der Waals surface area contributed by atoms with Crippen LogP contribution in [0.25, 0.3) is 0 Å². The second-order valence-corrected chi connectivity index (χ2v) is 8.37. The molecule has 0 aromatic heterocycles. The molecule has 0 aliphatic carbocycles. The SMILES string of the molecule is Cc1ccc(S(=O)(=O)Nc2ccc(C(=O)N/N=C/c3cccc(Cl)c3)cc2)cc1. The Balaban J connectivity index is 1.63. The number of halogens is 1. The molecule has 2 N–H and O–H groups in total. The lowest BCUT2D eigenvalue weighted by molar-refractivity contribution is 0.0955. The number of hydrogen-bond acceptors (Lipinski definition) is 4. The van der Waals surface area contributed by atoms with E-state index in [1.165, 1.54) is 42.6 Å². The van der Waals surface area contributed by atoms with Crippen molar-refractivity contribution in [2.24, 2.45) is 5.10 Å². The second-order valence-electron chi connectivity index (χ2n) is 6.25. The summed E-state index contributed by atoms with van der Waals surface area (Å²) in [5.74, 6) is -0.420. The Morgan fingerprint density at radius 1 is 1.00 bits per heavy atom. The van der Waals surface area contributed by atoms with Gasteiger partial charge >= 0.3 is 0 Å². The number of amides is 1. The van der Waals surface area contributed by atoms with Crippen molar-refractivity contribution in [2.75, 3.05) is 4.72 Å². The van der Waals surface area contributed by atoms with E-state index in [1.807, 2.05) is 6.92 Å². The Kier molecular flexibility index (Phi) is 6.31. The molecular formula is C21H18ClN3O3S. The fraction of sp³-hybridized carbons (Fsp3) is 0.0476. The molecule has 0 aliphatic rings. The fourth-order valence-corrected chi connectivity index (χ4v) is 3.70. The molecule has 0 fully saturated rings. The van der Waals surface area contributed by atoms with Crippen LogP contribution in [0.15, 0.2) is 82.8 Å².